The van der Waals surface area contributed by atoms with E-state index in [1.165, 1.54) is 4.31 Å². The number of carbonyl (C=O) groups excluding carboxylic acids is 1. The molecule has 0 unspecified atom stereocenters. The Bertz CT molecular complexity index is 698. The van der Waals surface area contributed by atoms with E-state index in [2.05, 4.69) is 10.2 Å². The summed E-state index contributed by atoms with van der Waals surface area (Å²) in [7, 11) is -0.285. The molecule has 2 aliphatic heterocycles. The van der Waals surface area contributed by atoms with Crippen LogP contribution in [0.25, 0.3) is 0 Å². The van der Waals surface area contributed by atoms with E-state index in [4.69, 9.17) is 0 Å². The first-order valence-corrected chi connectivity index (χ1v) is 9.15. The second-order valence-electron chi connectivity index (χ2n) is 5.94. The predicted octanol–water partition coefficient (Wildman–Crippen LogP) is 0.398. The summed E-state index contributed by atoms with van der Waals surface area (Å²) in [6.45, 7) is 1.80. The minimum Gasteiger partial charge on any atom is -0.358 e. The summed E-state index contributed by atoms with van der Waals surface area (Å²) in [6.07, 6.45) is 1.44. The first-order valence-electron chi connectivity index (χ1n) is 7.75. The smallest absolute Gasteiger partial charge is 0.326 e. The lowest BCUT2D eigenvalue weighted by Crippen LogP contribution is -2.49. The molecule has 0 spiro atoms. The fourth-order valence-corrected chi connectivity index (χ4v) is 4.93. The average Bonchev–Trinajstić information content (AvgIpc) is 2.75. The number of piperidine rings is 1. The molecular weight excluding hydrogens is 316 g/mol. The van der Waals surface area contributed by atoms with Crippen LogP contribution in [0.5, 0.6) is 0 Å². The van der Waals surface area contributed by atoms with Crippen LogP contribution in [0.15, 0.2) is 24.3 Å². The summed E-state index contributed by atoms with van der Waals surface area (Å²) in [5, 5.41) is 2.62. The molecule has 2 heterocycles. The summed E-state index contributed by atoms with van der Waals surface area (Å²) < 4.78 is 28.4. The molecule has 0 bridgehead atoms. The van der Waals surface area contributed by atoms with Crippen LogP contribution in [0.4, 0.5) is 11.4 Å². The maximum absolute atomic E-state index is 12.7. The molecule has 0 atom stereocenters. The molecule has 1 saturated heterocycles. The monoisotopic (exact) mass is 338 g/mol. The largest absolute Gasteiger partial charge is 0.358 e. The molecule has 2 aliphatic rings. The van der Waals surface area contributed by atoms with Crippen LogP contribution in [0.1, 0.15) is 12.8 Å². The molecule has 3 rings (SSSR count). The number of likely N-dealkylation sites (tertiary alicyclic amines) is 1. The highest BCUT2D eigenvalue weighted by atomic mass is 32.2. The molecule has 1 aromatic carbocycles. The lowest BCUT2D eigenvalue weighted by molar-refractivity contribution is -0.122. The molecule has 23 heavy (non-hydrogen) atoms. The molecule has 0 saturated carbocycles. The Hall–Kier alpha value is -1.80. The second-order valence-corrected chi connectivity index (χ2v) is 7.78. The standard InChI is InChI=1S/C15H22N4O3S/c1-16-15(20)11-18-9-7-12(8-10-18)19-14-6-4-3-5-13(14)17(2)23(19,21)22/h3-6,12H,7-11H2,1-2H3,(H,16,20). The van der Waals surface area contributed by atoms with E-state index in [9.17, 15) is 13.2 Å². The van der Waals surface area contributed by atoms with Gasteiger partial charge in [0.25, 0.3) is 0 Å². The molecule has 1 aromatic rings. The summed E-state index contributed by atoms with van der Waals surface area (Å²) in [5.41, 5.74) is 1.47. The topological polar surface area (TPSA) is 73.0 Å². The van der Waals surface area contributed by atoms with Crippen molar-refractivity contribution in [2.45, 2.75) is 18.9 Å². The Morgan fingerprint density at radius 1 is 1.22 bits per heavy atom. The van der Waals surface area contributed by atoms with Crippen molar-refractivity contribution in [2.24, 2.45) is 0 Å². The van der Waals surface area contributed by atoms with Gasteiger partial charge in [-0.15, -0.1) is 0 Å². The third kappa shape index (κ3) is 2.76. The van der Waals surface area contributed by atoms with Gasteiger partial charge in [-0.05, 0) is 25.0 Å². The van der Waals surface area contributed by atoms with Crippen LogP contribution in [0, 0.1) is 0 Å². The van der Waals surface area contributed by atoms with Crippen molar-refractivity contribution in [1.82, 2.24) is 10.2 Å². The number of rotatable bonds is 3. The maximum atomic E-state index is 12.7. The third-order valence-corrected chi connectivity index (χ3v) is 6.47. The highest BCUT2D eigenvalue weighted by molar-refractivity contribution is 7.94. The minimum absolute atomic E-state index is 0.0117. The summed E-state index contributed by atoms with van der Waals surface area (Å²) >= 11 is 0. The molecule has 1 fully saturated rings. The molecule has 7 nitrogen and oxygen atoms in total. The number of amides is 1. The quantitative estimate of drug-likeness (QED) is 0.866. The van der Waals surface area contributed by atoms with E-state index in [1.807, 2.05) is 24.3 Å². The Labute approximate surface area is 137 Å². The highest BCUT2D eigenvalue weighted by Crippen LogP contribution is 2.42. The lowest BCUT2D eigenvalue weighted by Gasteiger charge is -2.36. The lowest BCUT2D eigenvalue weighted by atomic mass is 10.0. The highest BCUT2D eigenvalue weighted by Gasteiger charge is 2.42. The van der Waals surface area contributed by atoms with E-state index in [0.29, 0.717) is 6.54 Å². The van der Waals surface area contributed by atoms with Gasteiger partial charge in [0.2, 0.25) is 5.91 Å². The van der Waals surface area contributed by atoms with Gasteiger partial charge in [-0.2, -0.15) is 8.42 Å². The number of anilines is 2. The molecule has 1 N–H and O–H groups in total. The third-order valence-electron chi connectivity index (χ3n) is 4.59. The number of para-hydroxylation sites is 2. The van der Waals surface area contributed by atoms with Gasteiger partial charge < -0.3 is 5.32 Å². The zero-order chi connectivity index (χ0) is 16.6. The van der Waals surface area contributed by atoms with E-state index in [-0.39, 0.29) is 11.9 Å². The van der Waals surface area contributed by atoms with Gasteiger partial charge >= 0.3 is 10.2 Å². The number of carbonyl (C=O) groups is 1. The van der Waals surface area contributed by atoms with Crippen LogP contribution in [-0.4, -0.2) is 59.0 Å². The van der Waals surface area contributed by atoms with Gasteiger partial charge in [-0.1, -0.05) is 12.1 Å². The number of nitrogens with zero attached hydrogens (tertiary/aromatic N) is 3. The van der Waals surface area contributed by atoms with Gasteiger partial charge in [-0.3, -0.25) is 14.0 Å². The van der Waals surface area contributed by atoms with Gasteiger partial charge in [0.15, 0.2) is 0 Å². The number of benzene rings is 1. The molecule has 0 aromatic heterocycles. The van der Waals surface area contributed by atoms with Crippen molar-refractivity contribution < 1.29 is 13.2 Å². The Morgan fingerprint density at radius 3 is 2.43 bits per heavy atom. The Balaban J connectivity index is 1.77. The van der Waals surface area contributed by atoms with Crippen LogP contribution in [0.2, 0.25) is 0 Å². The van der Waals surface area contributed by atoms with Gasteiger partial charge in [0.05, 0.1) is 17.9 Å². The first kappa shape index (κ1) is 16.1. The Morgan fingerprint density at radius 2 is 1.83 bits per heavy atom. The fourth-order valence-electron chi connectivity index (χ4n) is 3.28. The van der Waals surface area contributed by atoms with Crippen LogP contribution in [-0.2, 0) is 15.0 Å². The van der Waals surface area contributed by atoms with Crippen LogP contribution in [0.3, 0.4) is 0 Å². The van der Waals surface area contributed by atoms with Crippen molar-refractivity contribution >= 4 is 27.5 Å². The van der Waals surface area contributed by atoms with Crippen molar-refractivity contribution in [3.8, 4) is 0 Å². The summed E-state index contributed by atoms with van der Waals surface area (Å²) in [5.74, 6) is -0.0117. The van der Waals surface area contributed by atoms with Crippen LogP contribution < -0.4 is 13.9 Å². The minimum atomic E-state index is -3.50. The number of hydrogen-bond acceptors (Lipinski definition) is 4. The van der Waals surface area contributed by atoms with Gasteiger partial charge in [-0.25, -0.2) is 4.31 Å². The molecule has 1 amide bonds. The number of hydrogen-bond donors (Lipinski definition) is 1. The van der Waals surface area contributed by atoms with E-state index >= 15 is 0 Å². The zero-order valence-electron chi connectivity index (χ0n) is 13.4. The SMILES string of the molecule is CNC(=O)CN1CCC(N2c3ccccc3N(C)S2(=O)=O)CC1. The fraction of sp³-hybridized carbons (Fsp3) is 0.533. The maximum Gasteiger partial charge on any atom is 0.326 e. The number of fused-ring (bicyclic) bond motifs is 1. The van der Waals surface area contributed by atoms with E-state index in [0.717, 1.165) is 37.3 Å². The van der Waals surface area contributed by atoms with Crippen molar-refractivity contribution in [2.75, 3.05) is 42.3 Å². The van der Waals surface area contributed by atoms with Gasteiger partial charge in [0, 0.05) is 33.2 Å². The normalized spacial score (nSPS) is 21.3. The predicted molar refractivity (Wildman–Crippen MR) is 89.8 cm³/mol. The van der Waals surface area contributed by atoms with Crippen molar-refractivity contribution in [3.63, 3.8) is 0 Å². The second kappa shape index (κ2) is 6.01. The molecular formula is C15H22N4O3S. The molecule has 0 aliphatic carbocycles. The van der Waals surface area contributed by atoms with Crippen molar-refractivity contribution in [3.05, 3.63) is 24.3 Å². The first-order chi connectivity index (χ1) is 10.9. The molecule has 0 radical (unpaired) electrons. The van der Waals surface area contributed by atoms with E-state index in [1.54, 1.807) is 18.4 Å². The number of nitrogens with one attached hydrogen (secondary N) is 1. The van der Waals surface area contributed by atoms with Crippen molar-refractivity contribution in [1.29, 1.82) is 0 Å². The Kier molecular flexibility index (Phi) is 4.20. The molecule has 126 valence electrons. The van der Waals surface area contributed by atoms with E-state index < -0.39 is 10.2 Å². The zero-order valence-corrected chi connectivity index (χ0v) is 14.2. The van der Waals surface area contributed by atoms with Crippen LogP contribution >= 0.6 is 0 Å². The average molecular weight is 338 g/mol. The molecule has 8 heteroatoms. The van der Waals surface area contributed by atoms with Gasteiger partial charge in [0.1, 0.15) is 0 Å². The summed E-state index contributed by atoms with van der Waals surface area (Å²) in [6, 6.07) is 7.33. The number of likely N-dealkylation sites (N-methyl/N-ethyl adjacent to an activating group) is 1. The summed E-state index contributed by atoms with van der Waals surface area (Å²) in [4.78, 5) is 13.5.